The highest BCUT2D eigenvalue weighted by Gasteiger charge is 2.22. The third-order valence-corrected chi connectivity index (χ3v) is 9.35. The van der Waals surface area contributed by atoms with Gasteiger partial charge in [0.25, 0.3) is 5.56 Å². The van der Waals surface area contributed by atoms with Gasteiger partial charge in [0.15, 0.2) is 15.6 Å². The number of thiophene rings is 1. The third-order valence-electron chi connectivity index (χ3n) is 5.86. The minimum Gasteiger partial charge on any atom is -0.385 e. The molecular formula is C25H22ClN3O4S2. The molecule has 180 valence electrons. The molecule has 0 radical (unpaired) electrons. The zero-order valence-corrected chi connectivity index (χ0v) is 21.0. The molecule has 0 saturated heterocycles. The zero-order chi connectivity index (χ0) is 24.6. The van der Waals surface area contributed by atoms with Crippen LogP contribution in [0, 0.1) is 5.92 Å². The smallest absolute Gasteiger partial charge is 0.264 e. The number of halogens is 1. The predicted octanol–water partition coefficient (Wildman–Crippen LogP) is 4.51. The van der Waals surface area contributed by atoms with Crippen LogP contribution < -0.4 is 10.9 Å². The van der Waals surface area contributed by atoms with E-state index in [4.69, 9.17) is 11.6 Å². The van der Waals surface area contributed by atoms with Crippen molar-refractivity contribution in [2.24, 2.45) is 5.92 Å². The maximum atomic E-state index is 13.0. The number of rotatable bonds is 9. The van der Waals surface area contributed by atoms with E-state index in [1.807, 2.05) is 24.3 Å². The van der Waals surface area contributed by atoms with Gasteiger partial charge in [0, 0.05) is 36.4 Å². The number of fused-ring (bicyclic) bond motifs is 1. The van der Waals surface area contributed by atoms with E-state index in [0.29, 0.717) is 21.1 Å². The van der Waals surface area contributed by atoms with Crippen LogP contribution in [-0.4, -0.2) is 36.0 Å². The standard InChI is InChI=1S/C25H22ClN3O4S2/c26-22-6-8-24(34-22)35(32,33)15-20(30)11-17-3-7-23(28-14-17)29-10-9-18-12-19(27-13-16-1-2-16)4-5-21(18)25(29)31/h3-10,12,14,16,27H,1-2,11,13,15H2. The SMILES string of the molecule is O=C(Cc1ccc(-n2ccc3cc(NCC4CC4)ccc3c2=O)nc1)CS(=O)(=O)c1ccc(Cl)s1. The zero-order valence-electron chi connectivity index (χ0n) is 18.6. The Morgan fingerprint density at radius 2 is 1.97 bits per heavy atom. The van der Waals surface area contributed by atoms with E-state index < -0.39 is 21.4 Å². The summed E-state index contributed by atoms with van der Waals surface area (Å²) in [7, 11) is -3.73. The largest absolute Gasteiger partial charge is 0.385 e. The molecule has 0 spiro atoms. The molecule has 10 heteroatoms. The number of pyridine rings is 2. The molecule has 3 heterocycles. The molecular weight excluding hydrogens is 506 g/mol. The van der Waals surface area contributed by atoms with Crippen LogP contribution in [-0.2, 0) is 21.1 Å². The van der Waals surface area contributed by atoms with Gasteiger partial charge in [0.05, 0.1) is 4.34 Å². The number of sulfone groups is 1. The normalized spacial score (nSPS) is 13.7. The fraction of sp³-hybridized carbons (Fsp3) is 0.240. The van der Waals surface area contributed by atoms with Crippen molar-refractivity contribution in [1.29, 1.82) is 0 Å². The Morgan fingerprint density at radius 3 is 2.66 bits per heavy atom. The average Bonchev–Trinajstić information content (AvgIpc) is 3.55. The van der Waals surface area contributed by atoms with Gasteiger partial charge < -0.3 is 5.32 Å². The fourth-order valence-corrected chi connectivity index (χ4v) is 6.62. The molecule has 0 amide bonds. The first-order chi connectivity index (χ1) is 16.8. The molecule has 5 rings (SSSR count). The van der Waals surface area contributed by atoms with Crippen LogP contribution in [0.1, 0.15) is 18.4 Å². The molecule has 0 unspecified atom stereocenters. The number of aromatic nitrogens is 2. The Kier molecular flexibility index (Phi) is 6.48. The summed E-state index contributed by atoms with van der Waals surface area (Å²) < 4.78 is 26.7. The lowest BCUT2D eigenvalue weighted by atomic mass is 10.1. The van der Waals surface area contributed by atoms with Gasteiger partial charge in [-0.05, 0) is 72.2 Å². The summed E-state index contributed by atoms with van der Waals surface area (Å²) in [6.07, 6.45) is 5.64. The predicted molar refractivity (Wildman–Crippen MR) is 139 cm³/mol. The summed E-state index contributed by atoms with van der Waals surface area (Å²) in [5, 5.41) is 4.86. The van der Waals surface area contributed by atoms with Gasteiger partial charge in [-0.15, -0.1) is 11.3 Å². The number of Topliss-reactive ketones (excluding diaryl/α,β-unsaturated/α-hetero) is 1. The molecule has 1 saturated carbocycles. The van der Waals surface area contributed by atoms with Gasteiger partial charge in [0.2, 0.25) is 0 Å². The number of nitrogens with one attached hydrogen (secondary N) is 1. The summed E-state index contributed by atoms with van der Waals surface area (Å²) in [6, 6.07) is 13.8. The van der Waals surface area contributed by atoms with E-state index in [9.17, 15) is 18.0 Å². The van der Waals surface area contributed by atoms with E-state index in [-0.39, 0.29) is 16.2 Å². The van der Waals surface area contributed by atoms with Gasteiger partial charge >= 0.3 is 0 Å². The molecule has 1 aliphatic carbocycles. The minimum atomic E-state index is -3.73. The highest BCUT2D eigenvalue weighted by Crippen LogP contribution is 2.29. The van der Waals surface area contributed by atoms with E-state index in [1.54, 1.807) is 18.3 Å². The lowest BCUT2D eigenvalue weighted by molar-refractivity contribution is -0.116. The van der Waals surface area contributed by atoms with E-state index in [0.717, 1.165) is 34.9 Å². The maximum absolute atomic E-state index is 13.0. The molecule has 3 aromatic heterocycles. The molecule has 0 aliphatic heterocycles. The highest BCUT2D eigenvalue weighted by molar-refractivity contribution is 7.94. The van der Waals surface area contributed by atoms with Crippen LogP contribution in [0.5, 0.6) is 0 Å². The Labute approximate surface area is 211 Å². The van der Waals surface area contributed by atoms with Gasteiger partial charge in [0.1, 0.15) is 15.8 Å². The first-order valence-electron chi connectivity index (χ1n) is 11.1. The molecule has 0 atom stereocenters. The van der Waals surface area contributed by atoms with E-state index >= 15 is 0 Å². The molecule has 1 fully saturated rings. The Hall–Kier alpha value is -3.01. The summed E-state index contributed by atoms with van der Waals surface area (Å²) in [5.74, 6) is 0.128. The molecule has 0 bridgehead atoms. The van der Waals surface area contributed by atoms with Crippen molar-refractivity contribution in [3.05, 3.63) is 81.2 Å². The monoisotopic (exact) mass is 527 g/mol. The van der Waals surface area contributed by atoms with E-state index in [2.05, 4.69) is 10.3 Å². The summed E-state index contributed by atoms with van der Waals surface area (Å²) in [6.45, 7) is 0.954. The highest BCUT2D eigenvalue weighted by atomic mass is 35.5. The van der Waals surface area contributed by atoms with Crippen LogP contribution in [0.3, 0.4) is 0 Å². The van der Waals surface area contributed by atoms with Crippen LogP contribution in [0.4, 0.5) is 5.69 Å². The number of hydrogen-bond donors (Lipinski definition) is 1. The average molecular weight is 528 g/mol. The number of carbonyl (C=O) groups is 1. The fourth-order valence-electron chi connectivity index (χ4n) is 3.81. The number of ketones is 1. The summed E-state index contributed by atoms with van der Waals surface area (Å²) in [5.41, 5.74) is 1.38. The van der Waals surface area contributed by atoms with Gasteiger partial charge in [-0.2, -0.15) is 0 Å². The number of carbonyl (C=O) groups excluding carboxylic acids is 1. The Morgan fingerprint density at radius 1 is 1.14 bits per heavy atom. The van der Waals surface area contributed by atoms with Crippen LogP contribution in [0.25, 0.3) is 16.6 Å². The first-order valence-corrected chi connectivity index (χ1v) is 14.0. The second kappa shape index (κ2) is 9.56. The number of hydrogen-bond acceptors (Lipinski definition) is 7. The van der Waals surface area contributed by atoms with Crippen molar-refractivity contribution < 1.29 is 13.2 Å². The van der Waals surface area contributed by atoms with Crippen molar-refractivity contribution in [3.63, 3.8) is 0 Å². The van der Waals surface area contributed by atoms with Crippen molar-refractivity contribution in [2.45, 2.75) is 23.5 Å². The van der Waals surface area contributed by atoms with Crippen molar-refractivity contribution in [2.75, 3.05) is 17.6 Å². The summed E-state index contributed by atoms with van der Waals surface area (Å²) in [4.78, 5) is 29.8. The van der Waals surface area contributed by atoms with Crippen molar-refractivity contribution >= 4 is 55.0 Å². The Balaban J connectivity index is 1.29. The molecule has 4 aromatic rings. The minimum absolute atomic E-state index is 0.0745. The first kappa shape index (κ1) is 23.7. The molecule has 35 heavy (non-hydrogen) atoms. The van der Waals surface area contributed by atoms with Gasteiger partial charge in [-0.25, -0.2) is 13.4 Å². The van der Waals surface area contributed by atoms with Crippen LogP contribution in [0.2, 0.25) is 4.34 Å². The van der Waals surface area contributed by atoms with Crippen molar-refractivity contribution in [3.8, 4) is 5.82 Å². The molecule has 7 nitrogen and oxygen atoms in total. The van der Waals surface area contributed by atoms with Crippen LogP contribution >= 0.6 is 22.9 Å². The molecule has 1 N–H and O–H groups in total. The molecule has 1 aliphatic rings. The number of benzene rings is 1. The lowest BCUT2D eigenvalue weighted by Gasteiger charge is -2.10. The maximum Gasteiger partial charge on any atom is 0.264 e. The second-order valence-corrected chi connectivity index (χ2v) is 12.6. The Bertz CT molecular complexity index is 1570. The van der Waals surface area contributed by atoms with Gasteiger partial charge in [-0.1, -0.05) is 17.7 Å². The number of anilines is 1. The summed E-state index contributed by atoms with van der Waals surface area (Å²) >= 11 is 6.74. The van der Waals surface area contributed by atoms with E-state index in [1.165, 1.54) is 35.7 Å². The third kappa shape index (κ3) is 5.47. The van der Waals surface area contributed by atoms with Crippen molar-refractivity contribution in [1.82, 2.24) is 9.55 Å². The number of nitrogens with zero attached hydrogens (tertiary/aromatic N) is 2. The topological polar surface area (TPSA) is 98.1 Å². The lowest BCUT2D eigenvalue weighted by Crippen LogP contribution is -2.19. The quantitative estimate of drug-likeness (QED) is 0.344. The van der Waals surface area contributed by atoms with Crippen LogP contribution in [0.15, 0.2) is 69.9 Å². The van der Waals surface area contributed by atoms with Gasteiger partial charge in [-0.3, -0.25) is 14.2 Å². The second-order valence-electron chi connectivity index (χ2n) is 8.67. The molecule has 1 aromatic carbocycles.